The average Bonchev–Trinajstić information content (AvgIpc) is 3.25. The highest BCUT2D eigenvalue weighted by molar-refractivity contribution is 7.13. The maximum atomic E-state index is 12.1. The van der Waals surface area contributed by atoms with Gasteiger partial charge in [-0.1, -0.05) is 11.2 Å². The van der Waals surface area contributed by atoms with Crippen molar-refractivity contribution < 1.29 is 22.8 Å². The molecule has 1 amide bonds. The zero-order chi connectivity index (χ0) is 17.6. The number of carbonyl (C=O) groups is 1. The van der Waals surface area contributed by atoms with Crippen molar-refractivity contribution in [2.45, 2.75) is 19.5 Å². The number of rotatable bonds is 7. The molecule has 0 aliphatic rings. The van der Waals surface area contributed by atoms with Gasteiger partial charge in [-0.25, -0.2) is 0 Å². The van der Waals surface area contributed by atoms with Crippen LogP contribution in [0.1, 0.15) is 12.3 Å². The number of ether oxygens (including phenoxy) is 1. The number of benzene rings is 1. The van der Waals surface area contributed by atoms with E-state index in [9.17, 15) is 13.6 Å². The van der Waals surface area contributed by atoms with E-state index in [1.165, 1.54) is 35.6 Å². The minimum absolute atomic E-state index is 0.0277. The lowest BCUT2D eigenvalue weighted by Gasteiger charge is -2.07. The van der Waals surface area contributed by atoms with Crippen molar-refractivity contribution in [2.24, 2.45) is 0 Å². The summed E-state index contributed by atoms with van der Waals surface area (Å²) in [5.41, 5.74) is 0.483. The molecule has 0 spiro atoms. The molecule has 1 aromatic carbocycles. The molecule has 130 valence electrons. The number of alkyl halides is 2. The third kappa shape index (κ3) is 4.83. The minimum Gasteiger partial charge on any atom is -0.435 e. The quantitative estimate of drug-likeness (QED) is 0.685. The fraction of sp³-hybridized carbons (Fsp3) is 0.188. The van der Waals surface area contributed by atoms with Gasteiger partial charge >= 0.3 is 6.61 Å². The number of nitrogens with zero attached hydrogens (tertiary/aromatic N) is 2. The van der Waals surface area contributed by atoms with Gasteiger partial charge in [-0.2, -0.15) is 13.8 Å². The van der Waals surface area contributed by atoms with Crippen LogP contribution in [-0.2, 0) is 11.2 Å². The van der Waals surface area contributed by atoms with Gasteiger partial charge in [-0.3, -0.25) is 4.79 Å². The summed E-state index contributed by atoms with van der Waals surface area (Å²) in [7, 11) is 0. The van der Waals surface area contributed by atoms with Gasteiger partial charge in [0.1, 0.15) is 5.75 Å². The van der Waals surface area contributed by atoms with Crippen LogP contribution in [0, 0.1) is 0 Å². The number of nitrogens with one attached hydrogen (secondary N) is 1. The summed E-state index contributed by atoms with van der Waals surface area (Å²) >= 11 is 1.50. The summed E-state index contributed by atoms with van der Waals surface area (Å²) in [6, 6.07) is 9.45. The van der Waals surface area contributed by atoms with E-state index in [0.717, 1.165) is 4.88 Å². The van der Waals surface area contributed by atoms with Crippen LogP contribution in [0.5, 0.6) is 5.75 Å². The van der Waals surface area contributed by atoms with E-state index in [4.69, 9.17) is 4.52 Å². The van der Waals surface area contributed by atoms with Gasteiger partial charge in [0.05, 0.1) is 4.88 Å². The van der Waals surface area contributed by atoms with Gasteiger partial charge in [0.15, 0.2) is 0 Å². The molecule has 0 unspecified atom stereocenters. The van der Waals surface area contributed by atoms with E-state index < -0.39 is 6.61 Å². The summed E-state index contributed by atoms with van der Waals surface area (Å²) in [4.78, 5) is 17.1. The van der Waals surface area contributed by atoms with Crippen molar-refractivity contribution in [3.05, 3.63) is 47.7 Å². The number of aromatic nitrogens is 2. The summed E-state index contributed by atoms with van der Waals surface area (Å²) in [5.74, 6) is 0.651. The Labute approximate surface area is 145 Å². The highest BCUT2D eigenvalue weighted by atomic mass is 32.1. The predicted octanol–water partition coefficient (Wildman–Crippen LogP) is 3.97. The van der Waals surface area contributed by atoms with Gasteiger partial charge in [0.25, 0.3) is 0 Å². The molecule has 3 aromatic rings. The second-order valence-corrected chi connectivity index (χ2v) is 5.89. The number of halogens is 2. The molecule has 1 N–H and O–H groups in total. The third-order valence-corrected chi connectivity index (χ3v) is 4.00. The zero-order valence-corrected chi connectivity index (χ0v) is 13.6. The van der Waals surface area contributed by atoms with Crippen LogP contribution in [0.4, 0.5) is 14.5 Å². The fourth-order valence-electron chi connectivity index (χ4n) is 2.03. The Hall–Kier alpha value is -2.81. The number of amides is 1. The summed E-state index contributed by atoms with van der Waals surface area (Å²) in [6.07, 6.45) is 0.456. The Kier molecular flexibility index (Phi) is 5.34. The van der Waals surface area contributed by atoms with Crippen LogP contribution in [-0.4, -0.2) is 22.7 Å². The van der Waals surface area contributed by atoms with Crippen LogP contribution in [0.15, 0.2) is 46.3 Å². The molecule has 2 aromatic heterocycles. The number of hydrogen-bond acceptors (Lipinski definition) is 6. The summed E-state index contributed by atoms with van der Waals surface area (Å²) in [5, 5.41) is 8.44. The monoisotopic (exact) mass is 365 g/mol. The highest BCUT2D eigenvalue weighted by Gasteiger charge is 2.11. The number of aryl methyl sites for hydroxylation is 1. The number of hydrogen-bond donors (Lipinski definition) is 1. The molecule has 0 aliphatic heterocycles. The molecule has 6 nitrogen and oxygen atoms in total. The molecular formula is C16H13F2N3O3S. The second kappa shape index (κ2) is 7.84. The lowest BCUT2D eigenvalue weighted by molar-refractivity contribution is -0.116. The molecule has 0 bridgehead atoms. The van der Waals surface area contributed by atoms with Crippen LogP contribution in [0.2, 0.25) is 0 Å². The van der Waals surface area contributed by atoms with Gasteiger partial charge in [0, 0.05) is 18.5 Å². The molecule has 0 atom stereocenters. The van der Waals surface area contributed by atoms with E-state index in [0.29, 0.717) is 23.8 Å². The molecule has 9 heteroatoms. The Bertz CT molecular complexity index is 820. The van der Waals surface area contributed by atoms with Gasteiger partial charge in [0.2, 0.25) is 17.6 Å². The predicted molar refractivity (Wildman–Crippen MR) is 87.6 cm³/mol. The summed E-state index contributed by atoms with van der Waals surface area (Å²) < 4.78 is 33.5. The minimum atomic E-state index is -2.88. The normalized spacial score (nSPS) is 10.8. The first-order chi connectivity index (χ1) is 12.1. The lowest BCUT2D eigenvalue weighted by atomic mass is 10.2. The van der Waals surface area contributed by atoms with E-state index in [2.05, 4.69) is 20.2 Å². The smallest absolute Gasteiger partial charge is 0.387 e. The largest absolute Gasteiger partial charge is 0.435 e. The first-order valence-electron chi connectivity index (χ1n) is 7.31. The molecule has 0 saturated carbocycles. The number of anilines is 1. The first-order valence-corrected chi connectivity index (χ1v) is 8.19. The van der Waals surface area contributed by atoms with E-state index in [1.54, 1.807) is 0 Å². The van der Waals surface area contributed by atoms with Crippen molar-refractivity contribution >= 4 is 22.9 Å². The highest BCUT2D eigenvalue weighted by Crippen LogP contribution is 2.22. The Morgan fingerprint density at radius 2 is 2.08 bits per heavy atom. The van der Waals surface area contributed by atoms with Gasteiger partial charge in [-0.05, 0) is 35.7 Å². The molecule has 3 rings (SSSR count). The number of thiophene rings is 1. The van der Waals surface area contributed by atoms with Gasteiger partial charge in [-0.15, -0.1) is 11.3 Å². The van der Waals surface area contributed by atoms with Crippen LogP contribution < -0.4 is 10.1 Å². The fourth-order valence-corrected chi connectivity index (χ4v) is 2.68. The maximum Gasteiger partial charge on any atom is 0.387 e. The van der Waals surface area contributed by atoms with Crippen LogP contribution in [0.3, 0.4) is 0 Å². The Morgan fingerprint density at radius 1 is 1.28 bits per heavy atom. The third-order valence-electron chi connectivity index (χ3n) is 3.14. The lowest BCUT2D eigenvalue weighted by Crippen LogP contribution is -2.12. The molecule has 25 heavy (non-hydrogen) atoms. The van der Waals surface area contributed by atoms with Crippen LogP contribution in [0.25, 0.3) is 10.7 Å². The average molecular weight is 365 g/mol. The topological polar surface area (TPSA) is 77.2 Å². The van der Waals surface area contributed by atoms with E-state index in [-0.39, 0.29) is 18.1 Å². The standard InChI is InChI=1S/C16H13F2N3O3S/c17-16(18)23-11-5-3-10(4-6-11)19-13(22)7-8-14-20-15(21-24-14)12-2-1-9-25-12/h1-6,9,16H,7-8H2,(H,19,22). The Morgan fingerprint density at radius 3 is 2.76 bits per heavy atom. The molecule has 0 fully saturated rings. The maximum absolute atomic E-state index is 12.1. The van der Waals surface area contributed by atoms with Crippen molar-refractivity contribution in [1.29, 1.82) is 0 Å². The van der Waals surface area contributed by atoms with Crippen molar-refractivity contribution in [1.82, 2.24) is 10.1 Å². The first kappa shape index (κ1) is 17.0. The zero-order valence-electron chi connectivity index (χ0n) is 12.8. The van der Waals surface area contributed by atoms with Crippen molar-refractivity contribution in [2.75, 3.05) is 5.32 Å². The molecule has 0 saturated heterocycles. The number of carbonyl (C=O) groups excluding carboxylic acids is 1. The van der Waals surface area contributed by atoms with E-state index in [1.807, 2.05) is 17.5 Å². The molecular weight excluding hydrogens is 352 g/mol. The van der Waals surface area contributed by atoms with E-state index >= 15 is 0 Å². The van der Waals surface area contributed by atoms with Crippen LogP contribution >= 0.6 is 11.3 Å². The van der Waals surface area contributed by atoms with Gasteiger partial charge < -0.3 is 14.6 Å². The summed E-state index contributed by atoms with van der Waals surface area (Å²) in [6.45, 7) is -2.88. The SMILES string of the molecule is O=C(CCc1nc(-c2cccs2)no1)Nc1ccc(OC(F)F)cc1. The second-order valence-electron chi connectivity index (χ2n) is 4.94. The molecule has 0 aliphatic carbocycles. The molecule has 0 radical (unpaired) electrons. The van der Waals surface area contributed by atoms with Crippen molar-refractivity contribution in [3.63, 3.8) is 0 Å². The Balaban J connectivity index is 1.49. The molecule has 2 heterocycles. The van der Waals surface area contributed by atoms with Crippen molar-refractivity contribution in [3.8, 4) is 16.5 Å².